The molecule has 1 unspecified atom stereocenters. The molecule has 1 aromatic heterocycles. The number of aryl methyl sites for hydroxylation is 1. The van der Waals surface area contributed by atoms with Crippen LogP contribution in [0.1, 0.15) is 15.3 Å². The molecule has 0 aromatic carbocycles. The summed E-state index contributed by atoms with van der Waals surface area (Å²) >= 11 is 3.74. The largest absolute Gasteiger partial charge is 0.299 e. The lowest BCUT2D eigenvalue weighted by Crippen LogP contribution is -2.11. The van der Waals surface area contributed by atoms with Crippen LogP contribution in [-0.2, 0) is 0 Å². The molecule has 11 heavy (non-hydrogen) atoms. The van der Waals surface area contributed by atoms with Gasteiger partial charge < -0.3 is 0 Å². The van der Waals surface area contributed by atoms with Crippen molar-refractivity contribution >= 4 is 23.1 Å². The molecular weight excluding hydrogens is 176 g/mol. The highest BCUT2D eigenvalue weighted by Crippen LogP contribution is 2.31. The molecule has 2 rings (SSSR count). The third-order valence-corrected chi connectivity index (χ3v) is 3.87. The molecule has 1 fully saturated rings. The molecule has 1 aromatic rings. The van der Waals surface area contributed by atoms with E-state index in [1.807, 2.05) is 18.0 Å². The molecule has 0 bridgehead atoms. The van der Waals surface area contributed by atoms with E-state index >= 15 is 0 Å². The summed E-state index contributed by atoms with van der Waals surface area (Å²) in [5, 5.41) is 5.09. The number of rotatable bonds is 1. The zero-order chi connectivity index (χ0) is 7.68. The van der Waals surface area contributed by atoms with E-state index in [0.29, 0.717) is 5.37 Å². The first-order valence-corrected chi connectivity index (χ1v) is 5.50. The first-order valence-electron chi connectivity index (χ1n) is 3.63. The Morgan fingerprint density at radius 1 is 1.73 bits per heavy atom. The Morgan fingerprint density at radius 3 is 3.18 bits per heavy atom. The fourth-order valence-corrected chi connectivity index (χ4v) is 3.07. The van der Waals surface area contributed by atoms with Gasteiger partial charge in [-0.05, 0) is 6.92 Å². The van der Waals surface area contributed by atoms with Gasteiger partial charge >= 0.3 is 0 Å². The summed E-state index contributed by atoms with van der Waals surface area (Å²) in [6.07, 6.45) is 1.94. The van der Waals surface area contributed by atoms with E-state index < -0.39 is 0 Å². The van der Waals surface area contributed by atoms with Gasteiger partial charge in [-0.25, -0.2) is 4.98 Å². The second-order valence-corrected chi connectivity index (χ2v) is 4.99. The van der Waals surface area contributed by atoms with Crippen molar-refractivity contribution < 1.29 is 0 Å². The monoisotopic (exact) mass is 186 g/mol. The summed E-state index contributed by atoms with van der Waals surface area (Å²) in [6.45, 7) is 3.22. The van der Waals surface area contributed by atoms with E-state index in [0.717, 1.165) is 6.54 Å². The molecule has 2 heterocycles. The molecule has 4 heteroatoms. The molecule has 1 atom stereocenters. The standard InChI is InChI=1S/C7H10N2S2/c1-5-4-9-7(11-5)6-8-2-3-10-6/h4,6,8H,2-3H2,1H3. The van der Waals surface area contributed by atoms with Crippen LogP contribution in [0.25, 0.3) is 0 Å². The summed E-state index contributed by atoms with van der Waals surface area (Å²) in [5.41, 5.74) is 0. The molecule has 60 valence electrons. The highest BCUT2D eigenvalue weighted by Gasteiger charge is 2.18. The van der Waals surface area contributed by atoms with Crippen molar-refractivity contribution in [3.8, 4) is 0 Å². The Labute approximate surface area is 74.4 Å². The number of hydrogen-bond acceptors (Lipinski definition) is 4. The van der Waals surface area contributed by atoms with Gasteiger partial charge in [0, 0.05) is 23.4 Å². The van der Waals surface area contributed by atoms with Gasteiger partial charge in [0.1, 0.15) is 10.4 Å². The van der Waals surface area contributed by atoms with E-state index in [-0.39, 0.29) is 0 Å². The third-order valence-electron chi connectivity index (χ3n) is 1.58. The lowest BCUT2D eigenvalue weighted by Gasteiger charge is -2.02. The Balaban J connectivity index is 2.15. The fraction of sp³-hybridized carbons (Fsp3) is 0.571. The van der Waals surface area contributed by atoms with Crippen LogP contribution in [0.15, 0.2) is 6.20 Å². The SMILES string of the molecule is Cc1cnc(C2NCCS2)s1. The van der Waals surface area contributed by atoms with Crippen LogP contribution in [0.3, 0.4) is 0 Å². The zero-order valence-electron chi connectivity index (χ0n) is 6.33. The first-order chi connectivity index (χ1) is 5.36. The maximum absolute atomic E-state index is 4.33. The fourth-order valence-electron chi connectivity index (χ4n) is 1.08. The Kier molecular flexibility index (Phi) is 2.16. The molecular formula is C7H10N2S2. The number of thiazole rings is 1. The molecule has 1 N–H and O–H groups in total. The number of thioether (sulfide) groups is 1. The third kappa shape index (κ3) is 1.58. The first kappa shape index (κ1) is 7.58. The topological polar surface area (TPSA) is 24.9 Å². The lowest BCUT2D eigenvalue weighted by molar-refractivity contribution is 0.746. The van der Waals surface area contributed by atoms with Crippen molar-refractivity contribution in [1.82, 2.24) is 10.3 Å². The van der Waals surface area contributed by atoms with Crippen LogP contribution in [0.2, 0.25) is 0 Å². The Bertz CT molecular complexity index is 240. The summed E-state index contributed by atoms with van der Waals surface area (Å²) in [5.74, 6) is 1.21. The number of hydrogen-bond donors (Lipinski definition) is 1. The van der Waals surface area contributed by atoms with Crippen LogP contribution in [-0.4, -0.2) is 17.3 Å². The van der Waals surface area contributed by atoms with Gasteiger partial charge in [0.15, 0.2) is 0 Å². The van der Waals surface area contributed by atoms with Crippen LogP contribution < -0.4 is 5.32 Å². The minimum Gasteiger partial charge on any atom is -0.299 e. The second-order valence-electron chi connectivity index (χ2n) is 2.51. The van der Waals surface area contributed by atoms with Crippen molar-refractivity contribution in [1.29, 1.82) is 0 Å². The molecule has 0 amide bonds. The Morgan fingerprint density at radius 2 is 2.64 bits per heavy atom. The highest BCUT2D eigenvalue weighted by molar-refractivity contribution is 7.99. The maximum atomic E-state index is 4.33. The number of nitrogens with one attached hydrogen (secondary N) is 1. The summed E-state index contributed by atoms with van der Waals surface area (Å²) in [6, 6.07) is 0. The predicted octanol–water partition coefficient (Wildman–Crippen LogP) is 1.79. The van der Waals surface area contributed by atoms with E-state index in [1.165, 1.54) is 15.6 Å². The maximum Gasteiger partial charge on any atom is 0.120 e. The van der Waals surface area contributed by atoms with Crippen molar-refractivity contribution in [3.05, 3.63) is 16.1 Å². The summed E-state index contributed by atoms with van der Waals surface area (Å²) in [4.78, 5) is 5.63. The van der Waals surface area contributed by atoms with E-state index in [2.05, 4.69) is 17.2 Å². The van der Waals surface area contributed by atoms with Crippen molar-refractivity contribution in [2.24, 2.45) is 0 Å². The molecule has 0 saturated carbocycles. The average molecular weight is 186 g/mol. The highest BCUT2D eigenvalue weighted by atomic mass is 32.2. The van der Waals surface area contributed by atoms with Gasteiger partial charge in [-0.3, -0.25) is 5.32 Å². The second kappa shape index (κ2) is 3.13. The minimum absolute atomic E-state index is 0.466. The molecule has 1 saturated heterocycles. The summed E-state index contributed by atoms with van der Waals surface area (Å²) < 4.78 is 0. The van der Waals surface area contributed by atoms with Crippen molar-refractivity contribution in [2.75, 3.05) is 12.3 Å². The normalized spacial score (nSPS) is 24.3. The average Bonchev–Trinajstić information content (AvgIpc) is 2.55. The van der Waals surface area contributed by atoms with Crippen molar-refractivity contribution in [2.45, 2.75) is 12.3 Å². The van der Waals surface area contributed by atoms with Gasteiger partial charge in [0.2, 0.25) is 0 Å². The number of nitrogens with zero attached hydrogens (tertiary/aromatic N) is 1. The predicted molar refractivity (Wildman–Crippen MR) is 50.1 cm³/mol. The molecule has 0 aliphatic carbocycles. The number of aromatic nitrogens is 1. The van der Waals surface area contributed by atoms with Gasteiger partial charge in [-0.2, -0.15) is 0 Å². The van der Waals surface area contributed by atoms with Gasteiger partial charge in [0.05, 0.1) is 0 Å². The van der Waals surface area contributed by atoms with Crippen LogP contribution in [0.4, 0.5) is 0 Å². The molecule has 0 spiro atoms. The Hall–Kier alpha value is -0.0600. The van der Waals surface area contributed by atoms with E-state index in [9.17, 15) is 0 Å². The minimum atomic E-state index is 0.466. The van der Waals surface area contributed by atoms with Crippen LogP contribution >= 0.6 is 23.1 Å². The summed E-state index contributed by atoms with van der Waals surface area (Å²) in [7, 11) is 0. The zero-order valence-corrected chi connectivity index (χ0v) is 7.97. The molecule has 2 nitrogen and oxygen atoms in total. The quantitative estimate of drug-likeness (QED) is 0.724. The van der Waals surface area contributed by atoms with Gasteiger partial charge in [-0.15, -0.1) is 23.1 Å². The molecule has 1 aliphatic rings. The van der Waals surface area contributed by atoms with Gasteiger partial charge in [-0.1, -0.05) is 0 Å². The molecule has 0 radical (unpaired) electrons. The smallest absolute Gasteiger partial charge is 0.120 e. The van der Waals surface area contributed by atoms with Crippen LogP contribution in [0.5, 0.6) is 0 Å². The van der Waals surface area contributed by atoms with E-state index in [1.54, 1.807) is 11.3 Å². The van der Waals surface area contributed by atoms with Crippen molar-refractivity contribution in [3.63, 3.8) is 0 Å². The van der Waals surface area contributed by atoms with E-state index in [4.69, 9.17) is 0 Å². The van der Waals surface area contributed by atoms with Crippen LogP contribution in [0, 0.1) is 6.92 Å². The van der Waals surface area contributed by atoms with Gasteiger partial charge in [0.25, 0.3) is 0 Å². The molecule has 1 aliphatic heterocycles. The lowest BCUT2D eigenvalue weighted by atomic mass is 10.6.